The van der Waals surface area contributed by atoms with Crippen molar-refractivity contribution in [2.45, 2.75) is 32.7 Å². The van der Waals surface area contributed by atoms with E-state index in [1.54, 1.807) is 11.0 Å². The van der Waals surface area contributed by atoms with E-state index in [9.17, 15) is 9.18 Å². The van der Waals surface area contributed by atoms with Crippen LogP contribution in [0.4, 0.5) is 14.9 Å². The van der Waals surface area contributed by atoms with Crippen LogP contribution in [-0.4, -0.2) is 18.1 Å². The standard InChI is InChI=1S/C13H17FN2O/c1-13(2,3)15-12(17)16-7-6-9-4-5-10(14)8-11(9)16/h4-5,8H,6-7H2,1-3H3,(H,15,17). The van der Waals surface area contributed by atoms with Crippen molar-refractivity contribution < 1.29 is 9.18 Å². The van der Waals surface area contributed by atoms with Gasteiger partial charge in [0, 0.05) is 12.1 Å². The largest absolute Gasteiger partial charge is 0.333 e. The average molecular weight is 236 g/mol. The molecule has 0 unspecified atom stereocenters. The Morgan fingerprint density at radius 3 is 2.76 bits per heavy atom. The lowest BCUT2D eigenvalue weighted by atomic mass is 10.1. The number of nitrogens with one attached hydrogen (secondary N) is 1. The van der Waals surface area contributed by atoms with Crippen LogP contribution in [0.2, 0.25) is 0 Å². The number of hydrogen-bond acceptors (Lipinski definition) is 1. The monoisotopic (exact) mass is 236 g/mol. The number of anilines is 1. The maximum Gasteiger partial charge on any atom is 0.322 e. The second-order valence-electron chi connectivity index (χ2n) is 5.35. The first-order valence-corrected chi connectivity index (χ1v) is 5.75. The third kappa shape index (κ3) is 2.57. The molecule has 0 aliphatic carbocycles. The van der Waals surface area contributed by atoms with E-state index in [0.29, 0.717) is 12.2 Å². The molecular weight excluding hydrogens is 219 g/mol. The van der Waals surface area contributed by atoms with Gasteiger partial charge in [0.25, 0.3) is 0 Å². The molecule has 1 aromatic rings. The summed E-state index contributed by atoms with van der Waals surface area (Å²) >= 11 is 0. The van der Waals surface area contributed by atoms with E-state index in [0.717, 1.165) is 12.0 Å². The molecule has 1 aliphatic rings. The maximum atomic E-state index is 13.2. The molecule has 0 bridgehead atoms. The molecular formula is C13H17FN2O. The Bertz CT molecular complexity index is 451. The molecule has 2 rings (SSSR count). The zero-order valence-corrected chi connectivity index (χ0v) is 10.4. The van der Waals surface area contributed by atoms with E-state index in [1.165, 1.54) is 12.1 Å². The SMILES string of the molecule is CC(C)(C)NC(=O)N1CCc2ccc(F)cc21. The number of carbonyl (C=O) groups excluding carboxylic acids is 1. The van der Waals surface area contributed by atoms with E-state index in [4.69, 9.17) is 0 Å². The molecule has 1 aromatic carbocycles. The minimum atomic E-state index is -0.306. The summed E-state index contributed by atoms with van der Waals surface area (Å²) in [5.41, 5.74) is 1.43. The van der Waals surface area contributed by atoms with Crippen molar-refractivity contribution >= 4 is 11.7 Å². The summed E-state index contributed by atoms with van der Waals surface area (Å²) in [4.78, 5) is 13.6. The van der Waals surface area contributed by atoms with Gasteiger partial charge in [-0.1, -0.05) is 6.07 Å². The maximum absolute atomic E-state index is 13.2. The molecule has 0 fully saturated rings. The fourth-order valence-electron chi connectivity index (χ4n) is 1.95. The quantitative estimate of drug-likeness (QED) is 0.738. The third-order valence-electron chi connectivity index (χ3n) is 2.67. The lowest BCUT2D eigenvalue weighted by Crippen LogP contribution is -2.48. The number of urea groups is 1. The molecule has 3 nitrogen and oxygen atoms in total. The number of amides is 2. The molecule has 4 heteroatoms. The Balaban J connectivity index is 2.22. The summed E-state index contributed by atoms with van der Waals surface area (Å²) in [6, 6.07) is 4.44. The van der Waals surface area contributed by atoms with Crippen LogP contribution < -0.4 is 10.2 Å². The first kappa shape index (κ1) is 11.9. The molecule has 0 radical (unpaired) electrons. The average Bonchev–Trinajstić information content (AvgIpc) is 2.57. The van der Waals surface area contributed by atoms with Crippen molar-refractivity contribution in [2.24, 2.45) is 0 Å². The number of rotatable bonds is 0. The van der Waals surface area contributed by atoms with Crippen molar-refractivity contribution in [2.75, 3.05) is 11.4 Å². The van der Waals surface area contributed by atoms with Gasteiger partial charge < -0.3 is 5.32 Å². The second kappa shape index (κ2) is 4.02. The molecule has 1 N–H and O–H groups in total. The van der Waals surface area contributed by atoms with Crippen LogP contribution in [0.25, 0.3) is 0 Å². The second-order valence-corrected chi connectivity index (χ2v) is 5.35. The lowest BCUT2D eigenvalue weighted by molar-refractivity contribution is 0.238. The summed E-state index contributed by atoms with van der Waals surface area (Å²) < 4.78 is 13.2. The summed E-state index contributed by atoms with van der Waals surface area (Å²) in [5, 5.41) is 2.89. The molecule has 1 heterocycles. The van der Waals surface area contributed by atoms with Crippen molar-refractivity contribution in [1.29, 1.82) is 0 Å². The van der Waals surface area contributed by atoms with Crippen molar-refractivity contribution in [3.8, 4) is 0 Å². The van der Waals surface area contributed by atoms with Gasteiger partial charge in [-0.05, 0) is 44.9 Å². The fourth-order valence-corrected chi connectivity index (χ4v) is 1.95. The van der Waals surface area contributed by atoms with Crippen molar-refractivity contribution in [1.82, 2.24) is 5.32 Å². The predicted molar refractivity (Wildman–Crippen MR) is 65.7 cm³/mol. The van der Waals surface area contributed by atoms with Crippen LogP contribution in [0.3, 0.4) is 0 Å². The molecule has 0 saturated heterocycles. The van der Waals surface area contributed by atoms with Gasteiger partial charge in [0.2, 0.25) is 0 Å². The minimum Gasteiger partial charge on any atom is -0.333 e. The van der Waals surface area contributed by atoms with E-state index in [2.05, 4.69) is 5.32 Å². The Kier molecular flexibility index (Phi) is 2.81. The van der Waals surface area contributed by atoms with Crippen LogP contribution in [0.1, 0.15) is 26.3 Å². The highest BCUT2D eigenvalue weighted by molar-refractivity contribution is 5.94. The Morgan fingerprint density at radius 1 is 1.41 bits per heavy atom. The Hall–Kier alpha value is -1.58. The third-order valence-corrected chi connectivity index (χ3v) is 2.67. The number of halogens is 1. The van der Waals surface area contributed by atoms with Gasteiger partial charge in [-0.25, -0.2) is 9.18 Å². The number of carbonyl (C=O) groups is 1. The van der Waals surface area contributed by atoms with Crippen LogP contribution in [0.5, 0.6) is 0 Å². The molecule has 2 amide bonds. The Morgan fingerprint density at radius 2 is 2.12 bits per heavy atom. The van der Waals surface area contributed by atoms with Gasteiger partial charge in [-0.15, -0.1) is 0 Å². The summed E-state index contributed by atoms with van der Waals surface area (Å²) in [7, 11) is 0. The highest BCUT2D eigenvalue weighted by atomic mass is 19.1. The molecule has 0 atom stereocenters. The number of fused-ring (bicyclic) bond motifs is 1. The van der Waals surface area contributed by atoms with Gasteiger partial charge in [-0.3, -0.25) is 4.90 Å². The first-order valence-electron chi connectivity index (χ1n) is 5.75. The molecule has 0 spiro atoms. The minimum absolute atomic E-state index is 0.165. The smallest absolute Gasteiger partial charge is 0.322 e. The number of nitrogens with zero attached hydrogens (tertiary/aromatic N) is 1. The topological polar surface area (TPSA) is 32.3 Å². The van der Waals surface area contributed by atoms with E-state index >= 15 is 0 Å². The van der Waals surface area contributed by atoms with Crippen LogP contribution in [0.15, 0.2) is 18.2 Å². The van der Waals surface area contributed by atoms with Gasteiger partial charge in [0.15, 0.2) is 0 Å². The van der Waals surface area contributed by atoms with Gasteiger partial charge in [-0.2, -0.15) is 0 Å². The van der Waals surface area contributed by atoms with E-state index in [1.807, 2.05) is 20.8 Å². The zero-order valence-electron chi connectivity index (χ0n) is 10.4. The zero-order chi connectivity index (χ0) is 12.6. The molecule has 0 saturated carbocycles. The normalized spacial score (nSPS) is 14.7. The first-order chi connectivity index (χ1) is 7.87. The van der Waals surface area contributed by atoms with Crippen LogP contribution >= 0.6 is 0 Å². The van der Waals surface area contributed by atoms with E-state index in [-0.39, 0.29) is 17.4 Å². The highest BCUT2D eigenvalue weighted by Gasteiger charge is 2.27. The van der Waals surface area contributed by atoms with Gasteiger partial charge >= 0.3 is 6.03 Å². The molecule has 92 valence electrons. The van der Waals surface area contributed by atoms with Crippen molar-refractivity contribution in [3.63, 3.8) is 0 Å². The summed E-state index contributed by atoms with van der Waals surface area (Å²) in [5.74, 6) is -0.306. The van der Waals surface area contributed by atoms with Crippen LogP contribution in [0, 0.1) is 5.82 Å². The summed E-state index contributed by atoms with van der Waals surface area (Å²) in [6.45, 7) is 6.38. The van der Waals surface area contributed by atoms with Crippen LogP contribution in [-0.2, 0) is 6.42 Å². The molecule has 17 heavy (non-hydrogen) atoms. The van der Waals surface area contributed by atoms with Crippen molar-refractivity contribution in [3.05, 3.63) is 29.6 Å². The van der Waals surface area contributed by atoms with Gasteiger partial charge in [0.1, 0.15) is 5.82 Å². The number of benzene rings is 1. The summed E-state index contributed by atoms with van der Waals surface area (Å²) in [6.07, 6.45) is 0.785. The number of hydrogen-bond donors (Lipinski definition) is 1. The van der Waals surface area contributed by atoms with E-state index < -0.39 is 0 Å². The molecule has 1 aliphatic heterocycles. The molecule has 0 aromatic heterocycles. The fraction of sp³-hybridized carbons (Fsp3) is 0.462. The lowest BCUT2D eigenvalue weighted by Gasteiger charge is -2.25. The highest BCUT2D eigenvalue weighted by Crippen LogP contribution is 2.28. The Labute approximate surface area is 101 Å². The predicted octanol–water partition coefficient (Wildman–Crippen LogP) is 2.70. The van der Waals surface area contributed by atoms with Gasteiger partial charge in [0.05, 0.1) is 5.69 Å².